The molecule has 4 heterocycles. The van der Waals surface area contributed by atoms with E-state index in [2.05, 4.69) is 9.89 Å². The Bertz CT molecular complexity index is 1040. The molecule has 2 aromatic rings. The lowest BCUT2D eigenvalue weighted by molar-refractivity contribution is -0.128. The molecule has 0 aromatic carbocycles. The van der Waals surface area contributed by atoms with Crippen LogP contribution < -0.4 is 4.90 Å². The smallest absolute Gasteiger partial charge is 0.332 e. The zero-order valence-electron chi connectivity index (χ0n) is 18.5. The van der Waals surface area contributed by atoms with Gasteiger partial charge in [0.25, 0.3) is 5.91 Å². The van der Waals surface area contributed by atoms with Gasteiger partial charge in [-0.25, -0.2) is 14.5 Å². The number of likely N-dealkylation sites (tertiary alicyclic amines) is 1. The second-order valence-electron chi connectivity index (χ2n) is 8.63. The summed E-state index contributed by atoms with van der Waals surface area (Å²) in [4.78, 5) is 25.1. The van der Waals surface area contributed by atoms with E-state index in [1.54, 1.807) is 9.42 Å². The zero-order valence-corrected chi connectivity index (χ0v) is 18.5. The van der Waals surface area contributed by atoms with E-state index in [4.69, 9.17) is 15.5 Å². The molecule has 0 saturated carbocycles. The summed E-state index contributed by atoms with van der Waals surface area (Å²) in [5.74, 6) is 0.423. The van der Waals surface area contributed by atoms with Crippen LogP contribution in [0.5, 0.6) is 0 Å². The monoisotopic (exact) mass is 445 g/mol. The third kappa shape index (κ3) is 4.63. The van der Waals surface area contributed by atoms with Gasteiger partial charge in [0.05, 0.1) is 11.7 Å². The normalized spacial score (nSPS) is 19.9. The first kappa shape index (κ1) is 22.3. The van der Waals surface area contributed by atoms with Crippen molar-refractivity contribution in [3.63, 3.8) is 0 Å². The molecule has 4 rings (SSSR count). The summed E-state index contributed by atoms with van der Waals surface area (Å²) in [6.45, 7) is 2.95. The zero-order chi connectivity index (χ0) is 22.8. The third-order valence-electron chi connectivity index (χ3n) is 6.07. The lowest BCUT2D eigenvalue weighted by Crippen LogP contribution is -2.43. The second kappa shape index (κ2) is 9.30. The maximum Gasteiger partial charge on any atom is 0.332 e. The third-order valence-corrected chi connectivity index (χ3v) is 6.07. The van der Waals surface area contributed by atoms with Crippen LogP contribution in [0.15, 0.2) is 17.3 Å². The van der Waals surface area contributed by atoms with Gasteiger partial charge < -0.3 is 15.2 Å². The van der Waals surface area contributed by atoms with Gasteiger partial charge >= 0.3 is 6.55 Å². The molecule has 2 aliphatic rings. The molecule has 10 heteroatoms. The number of amides is 1. The molecule has 0 aliphatic carbocycles. The van der Waals surface area contributed by atoms with Crippen molar-refractivity contribution in [2.75, 3.05) is 24.5 Å². The van der Waals surface area contributed by atoms with Crippen LogP contribution >= 0.6 is 0 Å². The van der Waals surface area contributed by atoms with E-state index in [0.29, 0.717) is 24.3 Å². The summed E-state index contributed by atoms with van der Waals surface area (Å²) in [6, 6.07) is 1.56. The number of aromatic nitrogens is 3. The number of nitrogens with zero attached hydrogens (tertiary/aromatic N) is 6. The fraction of sp³-hybridized carbons (Fsp3) is 0.591. The molecule has 1 N–H and O–H groups in total. The summed E-state index contributed by atoms with van der Waals surface area (Å²) in [6.07, 6.45) is 6.49. The van der Waals surface area contributed by atoms with Crippen LogP contribution in [0.2, 0.25) is 0 Å². The largest absolute Gasteiger partial charge is 0.356 e. The van der Waals surface area contributed by atoms with Crippen LogP contribution in [0, 0.1) is 12.3 Å². The second-order valence-corrected chi connectivity index (χ2v) is 8.63. The van der Waals surface area contributed by atoms with Crippen LogP contribution in [-0.2, 0) is 4.79 Å². The van der Waals surface area contributed by atoms with Gasteiger partial charge in [-0.05, 0) is 46.0 Å². The molecule has 8 nitrogen and oxygen atoms in total. The van der Waals surface area contributed by atoms with Crippen LogP contribution in [-0.4, -0.2) is 63.0 Å². The topological polar surface area (TPSA) is 89.9 Å². The highest BCUT2D eigenvalue weighted by molar-refractivity contribution is 6.42. The van der Waals surface area contributed by atoms with Crippen molar-refractivity contribution in [2.24, 2.45) is 4.99 Å². The molecule has 2 saturated heterocycles. The van der Waals surface area contributed by atoms with Gasteiger partial charge in [-0.15, -0.1) is 0 Å². The number of aliphatic imine (C=N–C) groups is 1. The Hall–Kier alpha value is -2.91. The van der Waals surface area contributed by atoms with Crippen LogP contribution in [0.25, 0.3) is 5.65 Å². The lowest BCUT2D eigenvalue weighted by Gasteiger charge is -2.35. The minimum absolute atomic E-state index is 0.119. The first-order chi connectivity index (χ1) is 15.3. The van der Waals surface area contributed by atoms with Crippen molar-refractivity contribution in [2.45, 2.75) is 65.0 Å². The van der Waals surface area contributed by atoms with E-state index in [0.717, 1.165) is 50.2 Å². The van der Waals surface area contributed by atoms with Crippen molar-refractivity contribution >= 4 is 28.8 Å². The Morgan fingerprint density at radius 1 is 1.25 bits per heavy atom. The maximum atomic E-state index is 13.2. The Morgan fingerprint density at radius 2 is 1.97 bits per heavy atom. The van der Waals surface area contributed by atoms with E-state index in [-0.39, 0.29) is 23.9 Å². The number of anilines is 1. The number of hydrogen-bond donors (Lipinski definition) is 1. The first-order valence-electron chi connectivity index (χ1n) is 11.1. The minimum Gasteiger partial charge on any atom is -0.356 e. The molecule has 0 bridgehead atoms. The standard InChI is InChI=1S/C22H29F2N7O/c1-14-13-31-19(27-20(14)29-8-5-6-9-29)12-16(28-31)18-7-3-4-10-30(18)21(32)17(11-15(2)25)26-22(23)24/h12-13,18,22,25H,3-11H2,1-2H3. The Kier molecular flexibility index (Phi) is 6.48. The molecule has 2 fully saturated rings. The number of piperidine rings is 1. The SMILES string of the molecule is CC(=N)CC(=NC(F)F)C(=O)N1CCCCC1c1cc2nc(N3CCCC3)c(C)cn2n1. The molecular weight excluding hydrogens is 416 g/mol. The first-order valence-corrected chi connectivity index (χ1v) is 11.1. The van der Waals surface area contributed by atoms with Crippen LogP contribution in [0.4, 0.5) is 14.6 Å². The fourth-order valence-corrected chi connectivity index (χ4v) is 4.62. The van der Waals surface area contributed by atoms with Crippen LogP contribution in [0.1, 0.15) is 62.7 Å². The van der Waals surface area contributed by atoms with E-state index in [1.807, 2.05) is 19.2 Å². The average Bonchev–Trinajstić information content (AvgIpc) is 3.41. The molecule has 32 heavy (non-hydrogen) atoms. The highest BCUT2D eigenvalue weighted by atomic mass is 19.3. The van der Waals surface area contributed by atoms with Gasteiger partial charge in [0.15, 0.2) is 5.65 Å². The molecule has 172 valence electrons. The van der Waals surface area contributed by atoms with E-state index >= 15 is 0 Å². The molecular formula is C22H29F2N7O. The van der Waals surface area contributed by atoms with E-state index < -0.39 is 12.5 Å². The van der Waals surface area contributed by atoms with E-state index in [1.165, 1.54) is 6.92 Å². The molecule has 1 amide bonds. The molecule has 0 radical (unpaired) electrons. The van der Waals surface area contributed by atoms with Gasteiger partial charge in [-0.1, -0.05) is 0 Å². The summed E-state index contributed by atoms with van der Waals surface area (Å²) in [5, 5.41) is 12.3. The van der Waals surface area contributed by atoms with Crippen molar-refractivity contribution in [3.8, 4) is 0 Å². The number of hydrogen-bond acceptors (Lipinski definition) is 6. The van der Waals surface area contributed by atoms with Crippen molar-refractivity contribution in [1.82, 2.24) is 19.5 Å². The number of alkyl halides is 2. The molecule has 1 unspecified atom stereocenters. The Morgan fingerprint density at radius 3 is 2.66 bits per heavy atom. The Balaban J connectivity index is 1.65. The molecule has 0 spiro atoms. The maximum absolute atomic E-state index is 13.2. The van der Waals surface area contributed by atoms with Gasteiger partial charge in [0.1, 0.15) is 11.5 Å². The van der Waals surface area contributed by atoms with Crippen molar-refractivity contribution in [3.05, 3.63) is 23.5 Å². The molecule has 2 aromatic heterocycles. The highest BCUT2D eigenvalue weighted by Gasteiger charge is 2.33. The summed E-state index contributed by atoms with van der Waals surface area (Å²) < 4.78 is 27.7. The predicted molar refractivity (Wildman–Crippen MR) is 119 cm³/mol. The fourth-order valence-electron chi connectivity index (χ4n) is 4.62. The van der Waals surface area contributed by atoms with E-state index in [9.17, 15) is 13.6 Å². The van der Waals surface area contributed by atoms with Gasteiger partial charge in [0.2, 0.25) is 0 Å². The highest BCUT2D eigenvalue weighted by Crippen LogP contribution is 2.32. The lowest BCUT2D eigenvalue weighted by atomic mass is 9.98. The predicted octanol–water partition coefficient (Wildman–Crippen LogP) is 3.78. The average molecular weight is 446 g/mol. The molecule has 1 atom stereocenters. The number of halogens is 2. The number of nitrogens with one attached hydrogen (secondary N) is 1. The number of rotatable bonds is 6. The summed E-state index contributed by atoms with van der Waals surface area (Å²) in [7, 11) is 0. The quantitative estimate of drug-likeness (QED) is 0.541. The minimum atomic E-state index is -2.98. The summed E-state index contributed by atoms with van der Waals surface area (Å²) >= 11 is 0. The number of aryl methyl sites for hydroxylation is 1. The van der Waals surface area contributed by atoms with Gasteiger partial charge in [-0.2, -0.15) is 13.9 Å². The number of carbonyl (C=O) groups excluding carboxylic acids is 1. The van der Waals surface area contributed by atoms with Gasteiger partial charge in [-0.3, -0.25) is 4.79 Å². The van der Waals surface area contributed by atoms with Crippen molar-refractivity contribution in [1.29, 1.82) is 5.41 Å². The Labute approximate surface area is 185 Å². The van der Waals surface area contributed by atoms with Crippen molar-refractivity contribution < 1.29 is 13.6 Å². The number of fused-ring (bicyclic) bond motifs is 1. The summed E-state index contributed by atoms with van der Waals surface area (Å²) in [5.41, 5.74) is 2.30. The molecule has 2 aliphatic heterocycles. The van der Waals surface area contributed by atoms with Gasteiger partial charge in [0, 0.05) is 49.6 Å². The van der Waals surface area contributed by atoms with Crippen LogP contribution in [0.3, 0.4) is 0 Å². The number of carbonyl (C=O) groups is 1.